The lowest BCUT2D eigenvalue weighted by atomic mass is 10.2. The van der Waals surface area contributed by atoms with Gasteiger partial charge in [0.2, 0.25) is 0 Å². The molecule has 8 heteroatoms. The summed E-state index contributed by atoms with van der Waals surface area (Å²) in [6.07, 6.45) is 1.53. The van der Waals surface area contributed by atoms with E-state index in [1.54, 1.807) is 37.4 Å². The highest BCUT2D eigenvalue weighted by molar-refractivity contribution is 5.74. The number of halogens is 2. The number of para-hydroxylation sites is 1. The molecule has 25 heavy (non-hydrogen) atoms. The number of alkyl halides is 2. The van der Waals surface area contributed by atoms with Crippen molar-refractivity contribution in [3.63, 3.8) is 0 Å². The number of methoxy groups -OCH3 is 1. The van der Waals surface area contributed by atoms with Crippen molar-refractivity contribution in [3.05, 3.63) is 54.0 Å². The van der Waals surface area contributed by atoms with Crippen molar-refractivity contribution in [2.24, 2.45) is 0 Å². The van der Waals surface area contributed by atoms with Crippen LogP contribution in [0.4, 0.5) is 13.6 Å². The van der Waals surface area contributed by atoms with E-state index in [9.17, 15) is 13.6 Å². The lowest BCUT2D eigenvalue weighted by molar-refractivity contribution is -0.0504. The molecule has 0 radical (unpaired) electrons. The van der Waals surface area contributed by atoms with E-state index in [-0.39, 0.29) is 24.9 Å². The van der Waals surface area contributed by atoms with E-state index in [2.05, 4.69) is 10.1 Å². The minimum Gasteiger partial charge on any atom is -0.467 e. The van der Waals surface area contributed by atoms with Crippen LogP contribution >= 0.6 is 0 Å². The zero-order valence-corrected chi connectivity index (χ0v) is 13.8. The van der Waals surface area contributed by atoms with Crippen LogP contribution in [0, 0.1) is 0 Å². The number of carbonyl (C=O) groups is 1. The van der Waals surface area contributed by atoms with E-state index in [0.29, 0.717) is 24.5 Å². The predicted octanol–water partition coefficient (Wildman–Crippen LogP) is 3.24. The van der Waals surface area contributed by atoms with Gasteiger partial charge in [0, 0.05) is 25.8 Å². The van der Waals surface area contributed by atoms with Crippen molar-refractivity contribution in [1.29, 1.82) is 0 Å². The minimum atomic E-state index is -2.92. The monoisotopic (exact) mass is 354 g/mol. The van der Waals surface area contributed by atoms with Crippen molar-refractivity contribution in [2.45, 2.75) is 19.7 Å². The van der Waals surface area contributed by atoms with Crippen molar-refractivity contribution in [3.8, 4) is 5.75 Å². The van der Waals surface area contributed by atoms with Crippen LogP contribution in [-0.2, 0) is 17.8 Å². The van der Waals surface area contributed by atoms with Gasteiger partial charge in [0.05, 0.1) is 19.4 Å². The number of nitrogens with one attached hydrogen (secondary N) is 1. The van der Waals surface area contributed by atoms with Gasteiger partial charge in [0.15, 0.2) is 0 Å². The van der Waals surface area contributed by atoms with Gasteiger partial charge in [0.1, 0.15) is 11.5 Å². The van der Waals surface area contributed by atoms with Gasteiger partial charge in [-0.1, -0.05) is 18.2 Å². The molecule has 0 fully saturated rings. The maximum Gasteiger partial charge on any atom is 0.387 e. The Morgan fingerprint density at radius 3 is 2.76 bits per heavy atom. The molecule has 6 nitrogen and oxygen atoms in total. The molecule has 0 bridgehead atoms. The molecule has 2 aromatic rings. The first-order valence-corrected chi connectivity index (χ1v) is 7.67. The zero-order valence-electron chi connectivity index (χ0n) is 13.8. The number of benzene rings is 1. The Labute approximate surface area is 144 Å². The van der Waals surface area contributed by atoms with Gasteiger partial charge >= 0.3 is 12.6 Å². The molecule has 1 heterocycles. The standard InChI is InChI=1S/C17H20F2N2O4/c1-23-10-8-21(12-14-6-4-9-24-14)17(22)20-11-13-5-2-3-7-15(13)25-16(18)19/h2-7,9,16H,8,10-12H2,1H3,(H,20,22). The molecule has 0 aliphatic heterocycles. The Hall–Kier alpha value is -2.61. The van der Waals surface area contributed by atoms with Crippen molar-refractivity contribution >= 4 is 6.03 Å². The van der Waals surface area contributed by atoms with Gasteiger partial charge in [-0.3, -0.25) is 0 Å². The predicted molar refractivity (Wildman–Crippen MR) is 86.3 cm³/mol. The Balaban J connectivity index is 1.98. The number of furan rings is 1. The molecular formula is C17H20F2N2O4. The third kappa shape index (κ3) is 6.07. The average molecular weight is 354 g/mol. The second kappa shape index (κ2) is 9.63. The van der Waals surface area contributed by atoms with Crippen molar-refractivity contribution in [1.82, 2.24) is 10.2 Å². The van der Waals surface area contributed by atoms with Crippen molar-refractivity contribution < 1.29 is 27.5 Å². The number of amides is 2. The number of carbonyl (C=O) groups excluding carboxylic acids is 1. The summed E-state index contributed by atoms with van der Waals surface area (Å²) in [7, 11) is 1.54. The zero-order chi connectivity index (χ0) is 18.1. The fourth-order valence-electron chi connectivity index (χ4n) is 2.19. The Bertz CT molecular complexity index is 650. The Morgan fingerprint density at radius 1 is 1.28 bits per heavy atom. The van der Waals surface area contributed by atoms with E-state index in [1.165, 1.54) is 17.2 Å². The average Bonchev–Trinajstić information content (AvgIpc) is 3.10. The largest absolute Gasteiger partial charge is 0.467 e. The van der Waals surface area contributed by atoms with Gasteiger partial charge in [-0.25, -0.2) is 4.79 Å². The fourth-order valence-corrected chi connectivity index (χ4v) is 2.19. The third-order valence-electron chi connectivity index (χ3n) is 3.40. The maximum atomic E-state index is 12.4. The highest BCUT2D eigenvalue weighted by Crippen LogP contribution is 2.20. The molecule has 0 unspecified atom stereocenters. The molecular weight excluding hydrogens is 334 g/mol. The maximum absolute atomic E-state index is 12.4. The molecule has 0 saturated carbocycles. The van der Waals surface area contributed by atoms with Crippen LogP contribution in [0.5, 0.6) is 5.75 Å². The van der Waals surface area contributed by atoms with Crippen LogP contribution in [0.25, 0.3) is 0 Å². The van der Waals surface area contributed by atoms with Gasteiger partial charge in [0.25, 0.3) is 0 Å². The lowest BCUT2D eigenvalue weighted by Crippen LogP contribution is -2.40. The number of urea groups is 1. The molecule has 0 aliphatic carbocycles. The first-order valence-electron chi connectivity index (χ1n) is 7.67. The Morgan fingerprint density at radius 2 is 2.08 bits per heavy atom. The highest BCUT2D eigenvalue weighted by Gasteiger charge is 2.16. The van der Waals surface area contributed by atoms with Crippen LogP contribution in [0.1, 0.15) is 11.3 Å². The molecule has 0 aliphatic rings. The van der Waals surface area contributed by atoms with E-state index in [4.69, 9.17) is 9.15 Å². The van der Waals surface area contributed by atoms with Crippen LogP contribution in [0.15, 0.2) is 47.1 Å². The van der Waals surface area contributed by atoms with Gasteiger partial charge in [-0.2, -0.15) is 8.78 Å². The summed E-state index contributed by atoms with van der Waals surface area (Å²) in [6, 6.07) is 9.46. The molecule has 1 aromatic carbocycles. The molecule has 2 amide bonds. The van der Waals surface area contributed by atoms with Crippen LogP contribution < -0.4 is 10.1 Å². The van der Waals surface area contributed by atoms with Crippen LogP contribution in [-0.4, -0.2) is 37.8 Å². The second-order valence-corrected chi connectivity index (χ2v) is 5.14. The van der Waals surface area contributed by atoms with Crippen molar-refractivity contribution in [2.75, 3.05) is 20.3 Å². The molecule has 0 saturated heterocycles. The normalized spacial score (nSPS) is 10.7. The van der Waals surface area contributed by atoms with Crippen LogP contribution in [0.3, 0.4) is 0 Å². The summed E-state index contributed by atoms with van der Waals surface area (Å²) in [4.78, 5) is 13.9. The highest BCUT2D eigenvalue weighted by atomic mass is 19.3. The van der Waals surface area contributed by atoms with E-state index in [0.717, 1.165) is 0 Å². The number of rotatable bonds is 9. The quantitative estimate of drug-likeness (QED) is 0.751. The van der Waals surface area contributed by atoms with E-state index in [1.807, 2.05) is 0 Å². The topological polar surface area (TPSA) is 63.9 Å². The first-order chi connectivity index (χ1) is 12.1. The lowest BCUT2D eigenvalue weighted by Gasteiger charge is -2.22. The number of hydrogen-bond donors (Lipinski definition) is 1. The summed E-state index contributed by atoms with van der Waals surface area (Å²) in [5, 5.41) is 2.70. The smallest absolute Gasteiger partial charge is 0.387 e. The van der Waals surface area contributed by atoms with Gasteiger partial charge in [-0.15, -0.1) is 0 Å². The fraction of sp³-hybridized carbons (Fsp3) is 0.353. The number of hydrogen-bond acceptors (Lipinski definition) is 4. The SMILES string of the molecule is COCCN(Cc1ccco1)C(=O)NCc1ccccc1OC(F)F. The molecule has 2 rings (SSSR count). The number of nitrogens with zero attached hydrogens (tertiary/aromatic N) is 1. The molecule has 0 spiro atoms. The first kappa shape index (κ1) is 18.7. The summed E-state index contributed by atoms with van der Waals surface area (Å²) < 4.78 is 39.6. The third-order valence-corrected chi connectivity index (χ3v) is 3.40. The molecule has 136 valence electrons. The summed E-state index contributed by atoms with van der Waals surface area (Å²) >= 11 is 0. The Kier molecular flexibility index (Phi) is 7.21. The summed E-state index contributed by atoms with van der Waals surface area (Å²) in [5.41, 5.74) is 0.459. The van der Waals surface area contributed by atoms with E-state index >= 15 is 0 Å². The van der Waals surface area contributed by atoms with Gasteiger partial charge < -0.3 is 24.1 Å². The molecule has 1 N–H and O–H groups in total. The van der Waals surface area contributed by atoms with E-state index < -0.39 is 6.61 Å². The number of ether oxygens (including phenoxy) is 2. The molecule has 1 aromatic heterocycles. The summed E-state index contributed by atoms with van der Waals surface area (Å²) in [5.74, 6) is 0.667. The summed E-state index contributed by atoms with van der Waals surface area (Å²) in [6.45, 7) is -1.87. The molecule has 0 atom stereocenters. The second-order valence-electron chi connectivity index (χ2n) is 5.14. The van der Waals surface area contributed by atoms with Gasteiger partial charge in [-0.05, 0) is 18.2 Å². The van der Waals surface area contributed by atoms with Crippen LogP contribution in [0.2, 0.25) is 0 Å². The minimum absolute atomic E-state index is 0.0345.